The number of carbonyl (C=O) groups excluding carboxylic acids is 2. The van der Waals surface area contributed by atoms with Crippen molar-refractivity contribution >= 4 is 34.5 Å². The molecule has 8 rings (SSSR count). The van der Waals surface area contributed by atoms with Gasteiger partial charge in [0.15, 0.2) is 5.69 Å². The van der Waals surface area contributed by atoms with E-state index in [9.17, 15) is 14.7 Å². The molecular weight excluding hydrogens is 644 g/mol. The number of para-hydroxylation sites is 2. The summed E-state index contributed by atoms with van der Waals surface area (Å²) in [6.45, 7) is 4.66. The number of hydrogen-bond donors (Lipinski definition) is 1. The Labute approximate surface area is 296 Å². The van der Waals surface area contributed by atoms with E-state index < -0.39 is 6.09 Å². The third kappa shape index (κ3) is 6.23. The standard InChI is InChI=1S/C40H40N6O5/c1-42(31-11-3-2-4-12-31)39(48)37-33-13-7-8-14-35(33)46(41-37)36-23-28-15-16-44(40(49)50)24-30(28)22-34(36)38(47)45-25-29-10-6-5-9-27(29)21-32(45)26-43-17-19-51-20-18-43/h2-14,22-23,32H,15-21,24-26H2,1H3,(H,49,50)/t32-/m0/s1. The zero-order valence-electron chi connectivity index (χ0n) is 28.6. The Bertz CT molecular complexity index is 2120. The summed E-state index contributed by atoms with van der Waals surface area (Å²) in [5.41, 5.74) is 6.84. The number of nitrogens with zero attached hydrogens (tertiary/aromatic N) is 6. The van der Waals surface area contributed by atoms with Crippen molar-refractivity contribution in [2.24, 2.45) is 0 Å². The van der Waals surface area contributed by atoms with Gasteiger partial charge in [-0.1, -0.05) is 60.7 Å². The van der Waals surface area contributed by atoms with E-state index in [0.717, 1.165) is 41.9 Å². The van der Waals surface area contributed by atoms with Gasteiger partial charge >= 0.3 is 6.09 Å². The average molecular weight is 685 g/mol. The summed E-state index contributed by atoms with van der Waals surface area (Å²) in [6, 6.07) is 29.1. The summed E-state index contributed by atoms with van der Waals surface area (Å²) >= 11 is 0. The zero-order valence-corrected chi connectivity index (χ0v) is 28.6. The number of amides is 3. The van der Waals surface area contributed by atoms with Crippen molar-refractivity contribution < 1.29 is 24.2 Å². The molecule has 3 aliphatic heterocycles. The zero-order chi connectivity index (χ0) is 35.1. The van der Waals surface area contributed by atoms with Gasteiger partial charge in [-0.05, 0) is 65.4 Å². The van der Waals surface area contributed by atoms with Crippen LogP contribution >= 0.6 is 0 Å². The molecule has 1 N–H and O–H groups in total. The molecule has 11 nitrogen and oxygen atoms in total. The Kier molecular flexibility index (Phi) is 8.75. The Morgan fingerprint density at radius 3 is 2.35 bits per heavy atom. The first-order valence-electron chi connectivity index (χ1n) is 17.5. The Morgan fingerprint density at radius 1 is 0.843 bits per heavy atom. The molecule has 0 spiro atoms. The number of anilines is 1. The normalized spacial score (nSPS) is 17.5. The maximum atomic E-state index is 15.2. The van der Waals surface area contributed by atoms with Gasteiger partial charge in [-0.15, -0.1) is 0 Å². The number of rotatable bonds is 6. The largest absolute Gasteiger partial charge is 0.465 e. The van der Waals surface area contributed by atoms with Crippen LogP contribution in [0.3, 0.4) is 0 Å². The van der Waals surface area contributed by atoms with Gasteiger partial charge in [-0.2, -0.15) is 5.10 Å². The molecule has 1 fully saturated rings. The van der Waals surface area contributed by atoms with Gasteiger partial charge < -0.3 is 24.5 Å². The fourth-order valence-electron chi connectivity index (χ4n) is 7.67. The van der Waals surface area contributed by atoms with Crippen LogP contribution in [-0.2, 0) is 30.7 Å². The lowest BCUT2D eigenvalue weighted by Crippen LogP contribution is -2.52. The molecule has 0 aliphatic carbocycles. The summed E-state index contributed by atoms with van der Waals surface area (Å²) < 4.78 is 7.35. The van der Waals surface area contributed by atoms with E-state index in [1.54, 1.807) is 16.6 Å². The fraction of sp³-hybridized carbons (Fsp3) is 0.300. The van der Waals surface area contributed by atoms with E-state index in [0.29, 0.717) is 61.4 Å². The van der Waals surface area contributed by atoms with Crippen LogP contribution < -0.4 is 4.90 Å². The minimum atomic E-state index is -0.987. The lowest BCUT2D eigenvalue weighted by molar-refractivity contribution is 0.0192. The molecule has 1 aromatic heterocycles. The molecule has 3 aliphatic rings. The SMILES string of the molecule is CN(C(=O)c1nn(-c2cc3c(cc2C(=O)N2Cc4ccccc4C[C@H]2CN2CCOCC2)CN(C(=O)O)CC3)c2ccccc12)c1ccccc1. The van der Waals surface area contributed by atoms with Crippen molar-refractivity contribution in [1.82, 2.24) is 24.5 Å². The van der Waals surface area contributed by atoms with Gasteiger partial charge in [-0.25, -0.2) is 9.48 Å². The fourth-order valence-corrected chi connectivity index (χ4v) is 7.67. The molecule has 11 heteroatoms. The third-order valence-corrected chi connectivity index (χ3v) is 10.5. The smallest absolute Gasteiger partial charge is 0.407 e. The van der Waals surface area contributed by atoms with E-state index in [1.807, 2.05) is 77.7 Å². The molecule has 0 radical (unpaired) electrons. The summed E-state index contributed by atoms with van der Waals surface area (Å²) in [5, 5.41) is 15.5. The van der Waals surface area contributed by atoms with Crippen LogP contribution in [-0.4, -0.2) is 100.0 Å². The Hall–Kier alpha value is -5.52. The highest BCUT2D eigenvalue weighted by atomic mass is 16.5. The number of ether oxygens (including phenoxy) is 1. The van der Waals surface area contributed by atoms with Crippen LogP contribution in [0.4, 0.5) is 10.5 Å². The summed E-state index contributed by atoms with van der Waals surface area (Å²) in [5.74, 6) is -0.417. The molecule has 260 valence electrons. The summed E-state index contributed by atoms with van der Waals surface area (Å²) in [4.78, 5) is 48.5. The highest BCUT2D eigenvalue weighted by molar-refractivity contribution is 6.12. The topological polar surface area (TPSA) is 111 Å². The quantitative estimate of drug-likeness (QED) is 0.261. The number of carbonyl (C=O) groups is 3. The Morgan fingerprint density at radius 2 is 1.57 bits per heavy atom. The molecule has 4 aromatic carbocycles. The predicted octanol–water partition coefficient (Wildman–Crippen LogP) is 5.24. The van der Waals surface area contributed by atoms with Gasteiger partial charge in [0.1, 0.15) is 0 Å². The molecule has 4 heterocycles. The van der Waals surface area contributed by atoms with Crippen LogP contribution in [0.2, 0.25) is 0 Å². The van der Waals surface area contributed by atoms with Gasteiger partial charge in [0, 0.05) is 63.4 Å². The molecule has 0 saturated carbocycles. The lowest BCUT2D eigenvalue weighted by Gasteiger charge is -2.41. The highest BCUT2D eigenvalue weighted by Gasteiger charge is 2.35. The summed E-state index contributed by atoms with van der Waals surface area (Å²) in [7, 11) is 1.73. The Balaban J connectivity index is 1.26. The monoisotopic (exact) mass is 684 g/mol. The molecular formula is C40H40N6O5. The van der Waals surface area contributed by atoms with Crippen LogP contribution in [0, 0.1) is 0 Å². The van der Waals surface area contributed by atoms with Crippen LogP contribution in [0.5, 0.6) is 0 Å². The van der Waals surface area contributed by atoms with Crippen LogP contribution in [0.15, 0.2) is 91.0 Å². The molecule has 0 bridgehead atoms. The molecule has 1 atom stereocenters. The number of benzene rings is 4. The van der Waals surface area contributed by atoms with E-state index in [4.69, 9.17) is 9.84 Å². The molecule has 3 amide bonds. The predicted molar refractivity (Wildman–Crippen MR) is 193 cm³/mol. The third-order valence-electron chi connectivity index (χ3n) is 10.5. The van der Waals surface area contributed by atoms with Crippen molar-refractivity contribution in [2.75, 3.05) is 51.3 Å². The number of aromatic nitrogens is 2. The second-order valence-electron chi connectivity index (χ2n) is 13.5. The van der Waals surface area contributed by atoms with Crippen molar-refractivity contribution in [3.05, 3.63) is 125 Å². The van der Waals surface area contributed by atoms with E-state index >= 15 is 4.79 Å². The van der Waals surface area contributed by atoms with Crippen LogP contribution in [0.25, 0.3) is 16.6 Å². The number of hydrogen-bond acceptors (Lipinski definition) is 6. The van der Waals surface area contributed by atoms with E-state index in [1.165, 1.54) is 10.5 Å². The van der Waals surface area contributed by atoms with Gasteiger partial charge in [0.2, 0.25) is 0 Å². The summed E-state index contributed by atoms with van der Waals surface area (Å²) in [6.07, 6.45) is 0.239. The van der Waals surface area contributed by atoms with Crippen molar-refractivity contribution in [3.8, 4) is 5.69 Å². The average Bonchev–Trinajstić information content (AvgIpc) is 3.56. The van der Waals surface area contributed by atoms with Crippen molar-refractivity contribution in [3.63, 3.8) is 0 Å². The molecule has 51 heavy (non-hydrogen) atoms. The number of carboxylic acid groups (broad SMARTS) is 1. The first-order valence-corrected chi connectivity index (χ1v) is 17.5. The molecule has 1 saturated heterocycles. The van der Waals surface area contributed by atoms with Crippen molar-refractivity contribution in [1.29, 1.82) is 0 Å². The van der Waals surface area contributed by atoms with Gasteiger partial charge in [-0.3, -0.25) is 14.5 Å². The first-order chi connectivity index (χ1) is 24.9. The maximum Gasteiger partial charge on any atom is 0.407 e. The highest BCUT2D eigenvalue weighted by Crippen LogP contribution is 2.33. The van der Waals surface area contributed by atoms with E-state index in [-0.39, 0.29) is 30.1 Å². The number of fused-ring (bicyclic) bond motifs is 3. The van der Waals surface area contributed by atoms with Gasteiger partial charge in [0.25, 0.3) is 11.8 Å². The second kappa shape index (κ2) is 13.7. The number of morpholine rings is 1. The minimum absolute atomic E-state index is 0.0871. The first kappa shape index (κ1) is 32.7. The molecule has 5 aromatic rings. The molecule has 0 unspecified atom stereocenters. The van der Waals surface area contributed by atoms with Gasteiger partial charge in [0.05, 0.1) is 30.0 Å². The maximum absolute atomic E-state index is 15.2. The minimum Gasteiger partial charge on any atom is -0.465 e. The van der Waals surface area contributed by atoms with Crippen LogP contribution in [0.1, 0.15) is 43.1 Å². The lowest BCUT2D eigenvalue weighted by atomic mass is 9.91. The second-order valence-corrected chi connectivity index (χ2v) is 13.5. The van der Waals surface area contributed by atoms with Crippen molar-refractivity contribution in [2.45, 2.75) is 32.0 Å². The van der Waals surface area contributed by atoms with E-state index in [2.05, 4.69) is 23.1 Å².